The van der Waals surface area contributed by atoms with Crippen molar-refractivity contribution in [2.75, 3.05) is 6.61 Å². The summed E-state index contributed by atoms with van der Waals surface area (Å²) < 4.78 is 25.4. The van der Waals surface area contributed by atoms with Gasteiger partial charge in [-0.15, -0.1) is 0 Å². The van der Waals surface area contributed by atoms with E-state index in [-0.39, 0.29) is 0 Å². The van der Waals surface area contributed by atoms with Gasteiger partial charge < -0.3 is 10.2 Å². The maximum absolute atomic E-state index is 11.6. The molecule has 8 nitrogen and oxygen atoms in total. The van der Waals surface area contributed by atoms with Crippen LogP contribution in [0.4, 0.5) is 0 Å². The van der Waals surface area contributed by atoms with Gasteiger partial charge in [0.05, 0.1) is 12.8 Å². The van der Waals surface area contributed by atoms with Crippen molar-refractivity contribution in [2.45, 2.75) is 18.0 Å². The van der Waals surface area contributed by atoms with Crippen molar-refractivity contribution in [3.8, 4) is 0 Å². The molecule has 0 saturated carbocycles. The van der Waals surface area contributed by atoms with Crippen molar-refractivity contribution in [1.82, 2.24) is 14.9 Å². The third kappa shape index (κ3) is 2.56. The first-order valence-corrected chi connectivity index (χ1v) is 5.76. The molecule has 0 spiro atoms. The van der Waals surface area contributed by atoms with Crippen LogP contribution in [-0.2, 0) is 10.0 Å². The van der Waals surface area contributed by atoms with Crippen molar-refractivity contribution in [1.29, 1.82) is 0 Å². The number of sulfonamides is 1. The molecular weight excluding hydrogens is 238 g/mol. The van der Waals surface area contributed by atoms with Gasteiger partial charge in [-0.2, -0.15) is 5.10 Å². The number of carboxylic acid groups (broad SMARTS) is 1. The number of aromatic carboxylic acids is 1. The highest BCUT2D eigenvalue weighted by Crippen LogP contribution is 2.11. The Kier molecular flexibility index (Phi) is 3.62. The van der Waals surface area contributed by atoms with Crippen LogP contribution in [0.2, 0.25) is 0 Å². The predicted octanol–water partition coefficient (Wildman–Crippen LogP) is -1.23. The lowest BCUT2D eigenvalue weighted by Crippen LogP contribution is -2.35. The molecule has 0 aromatic carbocycles. The van der Waals surface area contributed by atoms with Crippen molar-refractivity contribution < 1.29 is 23.4 Å². The zero-order valence-electron chi connectivity index (χ0n) is 8.34. The van der Waals surface area contributed by atoms with E-state index in [0.717, 1.165) is 6.20 Å². The molecule has 0 radical (unpaired) electrons. The number of carboxylic acids is 1. The summed E-state index contributed by atoms with van der Waals surface area (Å²) in [4.78, 5) is 10.7. The molecule has 90 valence electrons. The summed E-state index contributed by atoms with van der Waals surface area (Å²) in [6.07, 6.45) is 0.903. The van der Waals surface area contributed by atoms with Gasteiger partial charge in [-0.3, -0.25) is 5.10 Å². The fourth-order valence-electron chi connectivity index (χ4n) is 0.993. The number of aliphatic hydroxyl groups is 1. The van der Waals surface area contributed by atoms with Crippen LogP contribution in [0.25, 0.3) is 0 Å². The Balaban J connectivity index is 3.08. The van der Waals surface area contributed by atoms with E-state index >= 15 is 0 Å². The van der Waals surface area contributed by atoms with Gasteiger partial charge in [0.25, 0.3) is 10.0 Å². The lowest BCUT2D eigenvalue weighted by molar-refractivity contribution is 0.0692. The topological polar surface area (TPSA) is 132 Å². The number of nitrogens with one attached hydrogen (secondary N) is 2. The molecule has 9 heteroatoms. The van der Waals surface area contributed by atoms with E-state index in [1.54, 1.807) is 0 Å². The number of aromatic amines is 1. The number of hydrogen-bond donors (Lipinski definition) is 4. The Morgan fingerprint density at radius 2 is 2.31 bits per heavy atom. The zero-order valence-corrected chi connectivity index (χ0v) is 9.15. The van der Waals surface area contributed by atoms with Gasteiger partial charge in [-0.1, -0.05) is 0 Å². The predicted molar refractivity (Wildman–Crippen MR) is 52.4 cm³/mol. The maximum atomic E-state index is 11.6. The van der Waals surface area contributed by atoms with E-state index in [0.29, 0.717) is 0 Å². The highest BCUT2D eigenvalue weighted by Gasteiger charge is 2.25. The Hall–Kier alpha value is -1.45. The molecule has 0 aliphatic rings. The summed E-state index contributed by atoms with van der Waals surface area (Å²) in [6, 6.07) is -0.713. The van der Waals surface area contributed by atoms with E-state index in [4.69, 9.17) is 10.2 Å². The number of rotatable bonds is 5. The molecular formula is C7H11N3O5S. The van der Waals surface area contributed by atoms with Crippen molar-refractivity contribution in [3.05, 3.63) is 11.8 Å². The first-order valence-electron chi connectivity index (χ1n) is 4.28. The molecule has 0 bridgehead atoms. The number of aliphatic hydroxyl groups excluding tert-OH is 1. The first kappa shape index (κ1) is 12.6. The largest absolute Gasteiger partial charge is 0.478 e. The molecule has 1 atom stereocenters. The molecule has 0 aliphatic heterocycles. The van der Waals surface area contributed by atoms with Crippen LogP contribution in [0.1, 0.15) is 17.3 Å². The van der Waals surface area contributed by atoms with Crippen LogP contribution in [0.15, 0.2) is 11.2 Å². The van der Waals surface area contributed by atoms with Crippen LogP contribution < -0.4 is 4.72 Å². The van der Waals surface area contributed by atoms with Crippen LogP contribution in [0.5, 0.6) is 0 Å². The number of hydrogen-bond acceptors (Lipinski definition) is 5. The molecule has 0 saturated heterocycles. The molecule has 4 N–H and O–H groups in total. The minimum Gasteiger partial charge on any atom is -0.478 e. The highest BCUT2D eigenvalue weighted by molar-refractivity contribution is 7.89. The first-order chi connectivity index (χ1) is 7.38. The summed E-state index contributed by atoms with van der Waals surface area (Å²) in [5.74, 6) is -1.40. The second kappa shape index (κ2) is 4.60. The van der Waals surface area contributed by atoms with Gasteiger partial charge >= 0.3 is 5.97 Å². The lowest BCUT2D eigenvalue weighted by Gasteiger charge is -2.10. The molecule has 0 unspecified atom stereocenters. The number of carbonyl (C=O) groups is 1. The molecule has 1 aromatic heterocycles. The second-order valence-electron chi connectivity index (χ2n) is 3.12. The molecule has 1 heterocycles. The van der Waals surface area contributed by atoms with Crippen molar-refractivity contribution in [2.24, 2.45) is 0 Å². The zero-order chi connectivity index (χ0) is 12.3. The molecule has 0 amide bonds. The summed E-state index contributed by atoms with van der Waals surface area (Å²) in [6.45, 7) is 1.05. The Labute approximate surface area is 91.3 Å². The second-order valence-corrected chi connectivity index (χ2v) is 4.77. The van der Waals surface area contributed by atoms with Gasteiger partial charge in [0.1, 0.15) is 5.56 Å². The molecule has 1 rings (SSSR count). The molecule has 0 aliphatic carbocycles. The Bertz CT molecular complexity index is 480. The lowest BCUT2D eigenvalue weighted by atomic mass is 10.4. The standard InChI is InChI=1S/C7H11N3O5S/c1-4(3-11)10-16(14,15)6-5(7(12)13)2-8-9-6/h2,4,10-11H,3H2,1H3,(H,8,9)(H,12,13)/t4-/m1/s1. The van der Waals surface area contributed by atoms with E-state index in [1.165, 1.54) is 6.92 Å². The van der Waals surface area contributed by atoms with Crippen LogP contribution in [0.3, 0.4) is 0 Å². The van der Waals surface area contributed by atoms with E-state index in [1.807, 2.05) is 0 Å². The van der Waals surface area contributed by atoms with Gasteiger partial charge in [-0.05, 0) is 6.92 Å². The third-order valence-corrected chi connectivity index (χ3v) is 3.30. The van der Waals surface area contributed by atoms with Gasteiger partial charge in [-0.25, -0.2) is 17.9 Å². The Morgan fingerprint density at radius 3 is 2.81 bits per heavy atom. The minimum absolute atomic E-state index is 0.393. The van der Waals surface area contributed by atoms with E-state index in [9.17, 15) is 13.2 Å². The van der Waals surface area contributed by atoms with Gasteiger partial charge in [0.15, 0.2) is 5.03 Å². The molecule has 16 heavy (non-hydrogen) atoms. The smallest absolute Gasteiger partial charge is 0.340 e. The minimum atomic E-state index is -4.01. The number of nitrogens with zero attached hydrogens (tertiary/aromatic N) is 1. The van der Waals surface area contributed by atoms with Gasteiger partial charge in [0, 0.05) is 6.04 Å². The summed E-state index contributed by atoms with van der Waals surface area (Å²) in [5.41, 5.74) is -0.447. The van der Waals surface area contributed by atoms with E-state index < -0.39 is 39.2 Å². The SMILES string of the molecule is C[C@H](CO)NS(=O)(=O)c1[nH]ncc1C(=O)O. The van der Waals surface area contributed by atoms with E-state index in [2.05, 4.69) is 14.9 Å². The fourth-order valence-corrected chi connectivity index (χ4v) is 2.32. The normalized spacial score (nSPS) is 13.6. The molecule has 1 aromatic rings. The third-order valence-electron chi connectivity index (χ3n) is 1.73. The van der Waals surface area contributed by atoms with Crippen LogP contribution in [0, 0.1) is 0 Å². The van der Waals surface area contributed by atoms with Crippen LogP contribution >= 0.6 is 0 Å². The summed E-state index contributed by atoms with van der Waals surface area (Å²) in [7, 11) is -4.01. The van der Waals surface area contributed by atoms with Crippen molar-refractivity contribution in [3.63, 3.8) is 0 Å². The van der Waals surface area contributed by atoms with Gasteiger partial charge in [0.2, 0.25) is 0 Å². The highest BCUT2D eigenvalue weighted by atomic mass is 32.2. The number of aromatic nitrogens is 2. The number of H-pyrrole nitrogens is 1. The summed E-state index contributed by atoms with van der Waals surface area (Å²) in [5, 5.41) is 22.3. The maximum Gasteiger partial charge on any atom is 0.340 e. The quantitative estimate of drug-likeness (QED) is 0.516. The Morgan fingerprint density at radius 1 is 1.69 bits per heavy atom. The monoisotopic (exact) mass is 249 g/mol. The van der Waals surface area contributed by atoms with Crippen LogP contribution in [-0.4, -0.2) is 47.4 Å². The van der Waals surface area contributed by atoms with Crippen molar-refractivity contribution >= 4 is 16.0 Å². The molecule has 0 fully saturated rings. The average molecular weight is 249 g/mol. The average Bonchev–Trinajstić information content (AvgIpc) is 2.65. The summed E-state index contributed by atoms with van der Waals surface area (Å²) >= 11 is 0. The fraction of sp³-hybridized carbons (Fsp3) is 0.429.